The molecule has 0 aromatic heterocycles. The van der Waals surface area contributed by atoms with Gasteiger partial charge in [0.25, 0.3) is 0 Å². The molecule has 1 aromatic carbocycles. The predicted octanol–water partition coefficient (Wildman–Crippen LogP) is 4.12. The van der Waals surface area contributed by atoms with Crippen molar-refractivity contribution in [2.45, 2.75) is 32.1 Å². The van der Waals surface area contributed by atoms with Crippen LogP contribution in [0.5, 0.6) is 0 Å². The lowest BCUT2D eigenvalue weighted by molar-refractivity contribution is 0.366. The Hall–Kier alpha value is -1.00. The summed E-state index contributed by atoms with van der Waals surface area (Å²) < 4.78 is 0. The Morgan fingerprint density at radius 3 is 2.38 bits per heavy atom. The van der Waals surface area contributed by atoms with Gasteiger partial charge in [-0.2, -0.15) is 5.26 Å². The molecule has 0 aliphatic carbocycles. The Balaban J connectivity index is 3.09. The number of rotatable bonds is 5. The molecule has 0 spiro atoms. The van der Waals surface area contributed by atoms with E-state index in [9.17, 15) is 5.26 Å². The van der Waals surface area contributed by atoms with Gasteiger partial charge in [-0.15, -0.1) is 11.6 Å². The van der Waals surface area contributed by atoms with E-state index < -0.39 is 5.41 Å². The van der Waals surface area contributed by atoms with Gasteiger partial charge in [0, 0.05) is 5.88 Å². The third-order valence-corrected chi connectivity index (χ3v) is 3.45. The van der Waals surface area contributed by atoms with E-state index in [-0.39, 0.29) is 0 Å². The van der Waals surface area contributed by atoms with Crippen LogP contribution in [0.15, 0.2) is 30.3 Å². The van der Waals surface area contributed by atoms with E-state index in [2.05, 4.69) is 19.9 Å². The molecule has 16 heavy (non-hydrogen) atoms. The highest BCUT2D eigenvalue weighted by molar-refractivity contribution is 6.17. The highest BCUT2D eigenvalue weighted by atomic mass is 35.5. The number of nitrogens with zero attached hydrogens (tertiary/aromatic N) is 1. The van der Waals surface area contributed by atoms with Gasteiger partial charge in [0.2, 0.25) is 0 Å². The molecule has 1 aromatic rings. The average molecular weight is 236 g/mol. The van der Waals surface area contributed by atoms with Gasteiger partial charge >= 0.3 is 0 Å². The van der Waals surface area contributed by atoms with Gasteiger partial charge in [-0.1, -0.05) is 44.2 Å². The third kappa shape index (κ3) is 2.57. The molecule has 0 aliphatic heterocycles. The number of halogens is 1. The zero-order valence-electron chi connectivity index (χ0n) is 9.91. The van der Waals surface area contributed by atoms with Crippen molar-refractivity contribution >= 4 is 11.6 Å². The fourth-order valence-electron chi connectivity index (χ4n) is 2.10. The van der Waals surface area contributed by atoms with Crippen LogP contribution in [-0.2, 0) is 5.41 Å². The molecule has 86 valence electrons. The summed E-state index contributed by atoms with van der Waals surface area (Å²) in [6.07, 6.45) is 1.71. The molecule has 0 aliphatic rings. The first-order chi connectivity index (χ1) is 7.67. The second-order valence-electron chi connectivity index (χ2n) is 4.40. The number of benzene rings is 1. The molecular weight excluding hydrogens is 218 g/mol. The number of nitriles is 1. The minimum atomic E-state index is -0.393. The smallest absolute Gasteiger partial charge is 0.0845 e. The fraction of sp³-hybridized carbons (Fsp3) is 0.500. The van der Waals surface area contributed by atoms with E-state index in [0.29, 0.717) is 11.8 Å². The van der Waals surface area contributed by atoms with Crippen LogP contribution in [0.4, 0.5) is 0 Å². The van der Waals surface area contributed by atoms with Crippen molar-refractivity contribution in [3.63, 3.8) is 0 Å². The van der Waals surface area contributed by atoms with E-state index in [0.717, 1.165) is 18.4 Å². The molecule has 0 amide bonds. The van der Waals surface area contributed by atoms with Gasteiger partial charge in [0.05, 0.1) is 11.5 Å². The van der Waals surface area contributed by atoms with Crippen molar-refractivity contribution in [2.24, 2.45) is 5.92 Å². The minimum absolute atomic E-state index is 0.295. The summed E-state index contributed by atoms with van der Waals surface area (Å²) >= 11 is 5.75. The summed E-state index contributed by atoms with van der Waals surface area (Å²) in [6.45, 7) is 4.20. The molecule has 1 nitrogen and oxygen atoms in total. The van der Waals surface area contributed by atoms with Gasteiger partial charge in [0.1, 0.15) is 0 Å². The van der Waals surface area contributed by atoms with Crippen LogP contribution in [0, 0.1) is 17.2 Å². The summed E-state index contributed by atoms with van der Waals surface area (Å²) in [7, 11) is 0. The maximum Gasteiger partial charge on any atom is 0.0845 e. The number of hydrogen-bond donors (Lipinski definition) is 0. The van der Waals surface area contributed by atoms with Crippen LogP contribution in [-0.4, -0.2) is 5.88 Å². The topological polar surface area (TPSA) is 23.8 Å². The molecule has 0 fully saturated rings. The van der Waals surface area contributed by atoms with Crippen molar-refractivity contribution in [1.82, 2.24) is 0 Å². The van der Waals surface area contributed by atoms with Crippen molar-refractivity contribution in [3.8, 4) is 6.07 Å². The Morgan fingerprint density at radius 2 is 1.94 bits per heavy atom. The fourth-order valence-corrected chi connectivity index (χ4v) is 2.23. The Morgan fingerprint density at radius 1 is 1.31 bits per heavy atom. The van der Waals surface area contributed by atoms with Crippen molar-refractivity contribution in [3.05, 3.63) is 35.9 Å². The maximum absolute atomic E-state index is 9.53. The maximum atomic E-state index is 9.53. The SMILES string of the molecule is CC(C)C(C#N)(CCCCl)c1ccccc1. The first kappa shape index (κ1) is 13.1. The monoisotopic (exact) mass is 235 g/mol. The summed E-state index contributed by atoms with van der Waals surface area (Å²) in [4.78, 5) is 0. The molecule has 0 saturated heterocycles. The van der Waals surface area contributed by atoms with Crippen molar-refractivity contribution in [1.29, 1.82) is 5.26 Å². The lowest BCUT2D eigenvalue weighted by Crippen LogP contribution is -2.30. The molecule has 1 unspecified atom stereocenters. The predicted molar refractivity (Wildman–Crippen MR) is 68.5 cm³/mol. The Bertz CT molecular complexity index is 353. The zero-order valence-corrected chi connectivity index (χ0v) is 10.7. The molecule has 1 rings (SSSR count). The second kappa shape index (κ2) is 5.92. The summed E-state index contributed by atoms with van der Waals surface area (Å²) in [6, 6.07) is 12.5. The third-order valence-electron chi connectivity index (χ3n) is 3.18. The molecule has 0 heterocycles. The minimum Gasteiger partial charge on any atom is -0.197 e. The molecule has 0 bridgehead atoms. The van der Waals surface area contributed by atoms with Gasteiger partial charge in [-0.05, 0) is 24.3 Å². The largest absolute Gasteiger partial charge is 0.197 e. The highest BCUT2D eigenvalue weighted by Crippen LogP contribution is 2.36. The van der Waals surface area contributed by atoms with Crippen LogP contribution in [0.25, 0.3) is 0 Å². The Kier molecular flexibility index (Phi) is 4.83. The summed E-state index contributed by atoms with van der Waals surface area (Å²) in [5, 5.41) is 9.53. The average Bonchev–Trinajstić information content (AvgIpc) is 2.31. The molecule has 0 radical (unpaired) electrons. The normalized spacial score (nSPS) is 14.4. The summed E-state index contributed by atoms with van der Waals surface area (Å²) in [5.74, 6) is 0.909. The van der Waals surface area contributed by atoms with Crippen molar-refractivity contribution in [2.75, 3.05) is 5.88 Å². The van der Waals surface area contributed by atoms with Crippen molar-refractivity contribution < 1.29 is 0 Å². The molecular formula is C14H18ClN. The first-order valence-electron chi connectivity index (χ1n) is 5.70. The van der Waals surface area contributed by atoms with Crippen LogP contribution >= 0.6 is 11.6 Å². The van der Waals surface area contributed by atoms with E-state index in [1.807, 2.05) is 30.3 Å². The van der Waals surface area contributed by atoms with Crippen LogP contribution in [0.1, 0.15) is 32.3 Å². The van der Waals surface area contributed by atoms with Crippen LogP contribution < -0.4 is 0 Å². The van der Waals surface area contributed by atoms with Gasteiger partial charge < -0.3 is 0 Å². The Labute approximate surface area is 103 Å². The second-order valence-corrected chi connectivity index (χ2v) is 4.77. The lowest BCUT2D eigenvalue weighted by Gasteiger charge is -2.31. The summed E-state index contributed by atoms with van der Waals surface area (Å²) in [5.41, 5.74) is 0.716. The van der Waals surface area contributed by atoms with E-state index in [1.54, 1.807) is 0 Å². The van der Waals surface area contributed by atoms with E-state index in [1.165, 1.54) is 0 Å². The highest BCUT2D eigenvalue weighted by Gasteiger charge is 2.35. The van der Waals surface area contributed by atoms with Gasteiger partial charge in [0.15, 0.2) is 0 Å². The van der Waals surface area contributed by atoms with Crippen LogP contribution in [0.2, 0.25) is 0 Å². The zero-order chi connectivity index (χ0) is 12.0. The van der Waals surface area contributed by atoms with Crippen LogP contribution in [0.3, 0.4) is 0 Å². The number of alkyl halides is 1. The number of hydrogen-bond acceptors (Lipinski definition) is 1. The van der Waals surface area contributed by atoms with E-state index in [4.69, 9.17) is 11.6 Å². The molecule has 0 N–H and O–H groups in total. The lowest BCUT2D eigenvalue weighted by atomic mass is 9.70. The van der Waals surface area contributed by atoms with Gasteiger partial charge in [-0.3, -0.25) is 0 Å². The first-order valence-corrected chi connectivity index (χ1v) is 6.23. The molecule has 0 saturated carbocycles. The standard InChI is InChI=1S/C14H18ClN/c1-12(2)14(11-16,9-6-10-15)13-7-4-3-5-8-13/h3-5,7-8,12H,6,9-10H2,1-2H3. The molecule has 2 heteroatoms. The van der Waals surface area contributed by atoms with E-state index >= 15 is 0 Å². The molecule has 1 atom stereocenters. The quantitative estimate of drug-likeness (QED) is 0.705. The van der Waals surface area contributed by atoms with Gasteiger partial charge in [-0.25, -0.2) is 0 Å².